The molecule has 3 nitrogen and oxygen atoms in total. The fourth-order valence-electron chi connectivity index (χ4n) is 3.57. The van der Waals surface area contributed by atoms with Crippen molar-refractivity contribution in [1.82, 2.24) is 9.55 Å². The minimum atomic E-state index is -0.0773. The van der Waals surface area contributed by atoms with Crippen LogP contribution in [0, 0.1) is 0 Å². The molecule has 19 heavy (non-hydrogen) atoms. The lowest BCUT2D eigenvalue weighted by Crippen LogP contribution is -2.22. The zero-order valence-electron chi connectivity index (χ0n) is 10.9. The molecule has 0 N–H and O–H groups in total. The first kappa shape index (κ1) is 11.7. The molecule has 2 aliphatic rings. The Morgan fingerprint density at radius 3 is 2.89 bits per heavy atom. The summed E-state index contributed by atoms with van der Waals surface area (Å²) in [6, 6.07) is 8.69. The summed E-state index contributed by atoms with van der Waals surface area (Å²) in [7, 11) is 0. The molecule has 2 fully saturated rings. The van der Waals surface area contributed by atoms with Gasteiger partial charge in [-0.25, -0.2) is 4.98 Å². The van der Waals surface area contributed by atoms with Gasteiger partial charge < -0.3 is 9.30 Å². The third-order valence-corrected chi connectivity index (χ3v) is 4.58. The van der Waals surface area contributed by atoms with Crippen LogP contribution < -0.4 is 0 Å². The number of halogens is 1. The summed E-state index contributed by atoms with van der Waals surface area (Å²) in [5.41, 5.74) is 2.22. The van der Waals surface area contributed by atoms with Crippen molar-refractivity contribution in [3.8, 4) is 0 Å². The van der Waals surface area contributed by atoms with Crippen LogP contribution in [0.3, 0.4) is 0 Å². The number of alkyl halides is 1. The number of benzene rings is 1. The van der Waals surface area contributed by atoms with Gasteiger partial charge in [0, 0.05) is 0 Å². The number of para-hydroxylation sites is 2. The van der Waals surface area contributed by atoms with E-state index in [-0.39, 0.29) is 5.38 Å². The van der Waals surface area contributed by atoms with Crippen LogP contribution in [-0.2, 0) is 4.74 Å². The molecule has 4 unspecified atom stereocenters. The van der Waals surface area contributed by atoms with Gasteiger partial charge in [0.2, 0.25) is 0 Å². The Morgan fingerprint density at radius 2 is 2.21 bits per heavy atom. The van der Waals surface area contributed by atoms with Crippen LogP contribution in [-0.4, -0.2) is 21.8 Å². The Balaban J connectivity index is 1.89. The summed E-state index contributed by atoms with van der Waals surface area (Å²) in [4.78, 5) is 4.72. The van der Waals surface area contributed by atoms with E-state index in [1.165, 1.54) is 11.9 Å². The number of fused-ring (bicyclic) bond motifs is 3. The summed E-state index contributed by atoms with van der Waals surface area (Å²) in [6.07, 6.45) is 4.26. The first-order valence-corrected chi connectivity index (χ1v) is 7.44. The fraction of sp³-hybridized carbons (Fsp3) is 0.533. The Labute approximate surface area is 117 Å². The minimum absolute atomic E-state index is 0.0773. The quantitative estimate of drug-likeness (QED) is 0.780. The van der Waals surface area contributed by atoms with E-state index in [0.29, 0.717) is 18.2 Å². The lowest BCUT2D eigenvalue weighted by molar-refractivity contribution is 0.0939. The molecular formula is C15H17ClN2O. The molecule has 0 radical (unpaired) electrons. The van der Waals surface area contributed by atoms with Gasteiger partial charge >= 0.3 is 0 Å². The molecule has 0 aliphatic carbocycles. The normalized spacial score (nSPS) is 31.2. The molecule has 1 aromatic carbocycles. The van der Waals surface area contributed by atoms with E-state index in [4.69, 9.17) is 21.3 Å². The summed E-state index contributed by atoms with van der Waals surface area (Å²) in [5, 5.41) is -0.0773. The Hall–Kier alpha value is -1.06. The van der Waals surface area contributed by atoms with Gasteiger partial charge in [0.05, 0.1) is 34.7 Å². The molecule has 4 heteroatoms. The van der Waals surface area contributed by atoms with Gasteiger partial charge in [-0.15, -0.1) is 11.6 Å². The second-order valence-corrected chi connectivity index (χ2v) is 6.28. The van der Waals surface area contributed by atoms with Crippen molar-refractivity contribution in [3.63, 3.8) is 0 Å². The largest absolute Gasteiger partial charge is 0.373 e. The maximum absolute atomic E-state index is 6.34. The van der Waals surface area contributed by atoms with E-state index in [0.717, 1.165) is 24.2 Å². The highest BCUT2D eigenvalue weighted by molar-refractivity contribution is 6.20. The molecular weight excluding hydrogens is 260 g/mol. The second kappa shape index (κ2) is 4.22. The van der Waals surface area contributed by atoms with E-state index in [2.05, 4.69) is 22.8 Å². The van der Waals surface area contributed by atoms with Gasteiger partial charge in [-0.3, -0.25) is 0 Å². The monoisotopic (exact) mass is 276 g/mol. The van der Waals surface area contributed by atoms with Crippen LogP contribution in [0.15, 0.2) is 24.3 Å². The van der Waals surface area contributed by atoms with Crippen LogP contribution in [0.2, 0.25) is 0 Å². The molecule has 4 atom stereocenters. The van der Waals surface area contributed by atoms with Gasteiger partial charge in [-0.05, 0) is 38.3 Å². The smallest absolute Gasteiger partial charge is 0.128 e. The van der Waals surface area contributed by atoms with Crippen molar-refractivity contribution in [3.05, 3.63) is 30.1 Å². The highest BCUT2D eigenvalue weighted by Gasteiger charge is 2.43. The van der Waals surface area contributed by atoms with Crippen molar-refractivity contribution >= 4 is 22.6 Å². The van der Waals surface area contributed by atoms with Gasteiger partial charge in [0.25, 0.3) is 0 Å². The van der Waals surface area contributed by atoms with E-state index >= 15 is 0 Å². The third kappa shape index (κ3) is 1.72. The summed E-state index contributed by atoms with van der Waals surface area (Å²) in [5.74, 6) is 0.976. The van der Waals surface area contributed by atoms with Gasteiger partial charge in [-0.2, -0.15) is 0 Å². The molecule has 3 heterocycles. The van der Waals surface area contributed by atoms with E-state index < -0.39 is 0 Å². The summed E-state index contributed by atoms with van der Waals surface area (Å²) in [6.45, 7) is 1.99. The summed E-state index contributed by atoms with van der Waals surface area (Å²) >= 11 is 6.34. The van der Waals surface area contributed by atoms with Crippen molar-refractivity contribution < 1.29 is 4.74 Å². The third-order valence-electron chi connectivity index (χ3n) is 4.38. The van der Waals surface area contributed by atoms with Crippen molar-refractivity contribution in [2.24, 2.45) is 0 Å². The maximum atomic E-state index is 6.34. The highest BCUT2D eigenvalue weighted by Crippen LogP contribution is 2.44. The van der Waals surface area contributed by atoms with Crippen molar-refractivity contribution in [2.75, 3.05) is 0 Å². The van der Waals surface area contributed by atoms with E-state index in [1.54, 1.807) is 0 Å². The standard InChI is InChI=1S/C15H17ClN2O/c1-9(16)15-17-11-4-2-3-5-12(11)18(15)13-8-10-6-7-14(13)19-10/h2-5,9-10,13-14H,6-8H2,1H3. The number of rotatable bonds is 2. The second-order valence-electron chi connectivity index (χ2n) is 5.62. The van der Waals surface area contributed by atoms with Crippen LogP contribution >= 0.6 is 11.6 Å². The SMILES string of the molecule is CC(Cl)c1nc2ccccc2n1C1CC2CCC1O2. The van der Waals surface area contributed by atoms with E-state index in [9.17, 15) is 0 Å². The Morgan fingerprint density at radius 1 is 1.37 bits per heavy atom. The number of imidazole rings is 1. The van der Waals surface area contributed by atoms with Crippen molar-refractivity contribution in [2.45, 2.75) is 49.8 Å². The van der Waals surface area contributed by atoms with Crippen LogP contribution in [0.1, 0.15) is 43.4 Å². The van der Waals surface area contributed by atoms with Crippen molar-refractivity contribution in [1.29, 1.82) is 0 Å². The lowest BCUT2D eigenvalue weighted by Gasteiger charge is -2.23. The summed E-state index contributed by atoms with van der Waals surface area (Å²) < 4.78 is 8.33. The minimum Gasteiger partial charge on any atom is -0.373 e. The number of aromatic nitrogens is 2. The zero-order valence-corrected chi connectivity index (χ0v) is 11.7. The molecule has 2 saturated heterocycles. The number of ether oxygens (including phenoxy) is 1. The zero-order chi connectivity index (χ0) is 13.0. The number of hydrogen-bond donors (Lipinski definition) is 0. The maximum Gasteiger partial charge on any atom is 0.128 e. The molecule has 100 valence electrons. The fourth-order valence-corrected chi connectivity index (χ4v) is 3.73. The van der Waals surface area contributed by atoms with E-state index in [1.807, 2.05) is 13.0 Å². The van der Waals surface area contributed by atoms with Crippen LogP contribution in [0.4, 0.5) is 0 Å². The van der Waals surface area contributed by atoms with Gasteiger partial charge in [0.1, 0.15) is 5.82 Å². The molecule has 1 aromatic heterocycles. The van der Waals surface area contributed by atoms with Crippen LogP contribution in [0.25, 0.3) is 11.0 Å². The molecule has 2 aromatic rings. The average molecular weight is 277 g/mol. The predicted octanol–water partition coefficient (Wildman–Crippen LogP) is 3.83. The van der Waals surface area contributed by atoms with Gasteiger partial charge in [-0.1, -0.05) is 12.1 Å². The number of nitrogens with zero attached hydrogens (tertiary/aromatic N) is 2. The first-order chi connectivity index (χ1) is 9.24. The molecule has 2 bridgehead atoms. The Bertz CT molecular complexity index is 622. The first-order valence-electron chi connectivity index (χ1n) is 7.00. The average Bonchev–Trinajstić information content (AvgIpc) is 3.10. The highest BCUT2D eigenvalue weighted by atomic mass is 35.5. The molecule has 0 spiro atoms. The molecule has 4 rings (SSSR count). The Kier molecular flexibility index (Phi) is 2.61. The van der Waals surface area contributed by atoms with Gasteiger partial charge in [0.15, 0.2) is 0 Å². The number of hydrogen-bond acceptors (Lipinski definition) is 2. The topological polar surface area (TPSA) is 27.1 Å². The lowest BCUT2D eigenvalue weighted by atomic mass is 9.95. The molecule has 2 aliphatic heterocycles. The van der Waals surface area contributed by atoms with Crippen LogP contribution in [0.5, 0.6) is 0 Å². The predicted molar refractivity (Wildman–Crippen MR) is 75.6 cm³/mol. The molecule has 0 amide bonds. The molecule has 0 saturated carbocycles.